The van der Waals surface area contributed by atoms with E-state index >= 15 is 0 Å². The summed E-state index contributed by atoms with van der Waals surface area (Å²) in [5.74, 6) is -0.608. The maximum atomic E-state index is 13.3. The quantitative estimate of drug-likeness (QED) is 0.275. The van der Waals surface area contributed by atoms with Crippen LogP contribution in [0.3, 0.4) is 0 Å². The summed E-state index contributed by atoms with van der Waals surface area (Å²) in [5.41, 5.74) is 4.40. The third kappa shape index (κ3) is 8.75. The Morgan fingerprint density at radius 3 is 2.67 bits per heavy atom. The van der Waals surface area contributed by atoms with E-state index < -0.39 is 5.92 Å². The molecule has 2 aliphatic heterocycles. The van der Waals surface area contributed by atoms with Gasteiger partial charge in [0.1, 0.15) is 5.69 Å². The van der Waals surface area contributed by atoms with E-state index in [9.17, 15) is 8.78 Å². The highest BCUT2D eigenvalue weighted by atomic mass is 19.3. The zero-order valence-electron chi connectivity index (χ0n) is 25.7. The van der Waals surface area contributed by atoms with Gasteiger partial charge in [-0.3, -0.25) is 4.68 Å². The summed E-state index contributed by atoms with van der Waals surface area (Å²) >= 11 is 0. The molecule has 5 rings (SSSR count). The Morgan fingerprint density at radius 1 is 1.24 bits per heavy atom. The number of rotatable bonds is 10. The molecule has 0 amide bonds. The number of nitrogens with zero attached hydrogens (tertiary/aromatic N) is 7. The highest BCUT2D eigenvalue weighted by Crippen LogP contribution is 2.28. The summed E-state index contributed by atoms with van der Waals surface area (Å²) in [6.07, 6.45) is 11.4. The number of hydrogen-bond donors (Lipinski definition) is 2. The van der Waals surface area contributed by atoms with Crippen LogP contribution in [0.5, 0.6) is 0 Å². The van der Waals surface area contributed by atoms with Gasteiger partial charge in [-0.2, -0.15) is 15.2 Å². The Morgan fingerprint density at radius 2 is 2.05 bits per heavy atom. The zero-order valence-corrected chi connectivity index (χ0v) is 25.7. The lowest BCUT2D eigenvalue weighted by molar-refractivity contribution is 0.0102. The third-order valence-electron chi connectivity index (χ3n) is 7.91. The summed E-state index contributed by atoms with van der Waals surface area (Å²) in [6.45, 7) is 16.3. The summed E-state index contributed by atoms with van der Waals surface area (Å²) in [5, 5.41) is 15.6. The molecule has 3 aromatic rings. The molecule has 2 atom stereocenters. The van der Waals surface area contributed by atoms with Crippen molar-refractivity contribution in [3.8, 4) is 0 Å². The molecular weight excluding hydrogens is 536 g/mol. The van der Waals surface area contributed by atoms with Crippen molar-refractivity contribution in [1.82, 2.24) is 40.0 Å². The van der Waals surface area contributed by atoms with Gasteiger partial charge in [0.15, 0.2) is 5.82 Å². The number of halogens is 2. The van der Waals surface area contributed by atoms with Gasteiger partial charge in [0.2, 0.25) is 5.92 Å². The van der Waals surface area contributed by atoms with E-state index in [0.717, 1.165) is 55.9 Å². The number of fused-ring (bicyclic) bond motifs is 1. The molecule has 42 heavy (non-hydrogen) atoms. The largest absolute Gasteiger partial charge is 0.389 e. The molecule has 0 spiro atoms. The Kier molecular flexibility index (Phi) is 10.6. The van der Waals surface area contributed by atoms with Gasteiger partial charge < -0.3 is 15.5 Å². The van der Waals surface area contributed by atoms with Crippen molar-refractivity contribution in [3.63, 3.8) is 0 Å². The number of imidazole rings is 1. The van der Waals surface area contributed by atoms with Crippen LogP contribution in [0.25, 0.3) is 11.5 Å². The van der Waals surface area contributed by atoms with E-state index in [1.54, 1.807) is 15.4 Å². The summed E-state index contributed by atoms with van der Waals surface area (Å²) in [6, 6.07) is 1.66. The van der Waals surface area contributed by atoms with Crippen LogP contribution in [0.15, 0.2) is 37.3 Å². The van der Waals surface area contributed by atoms with E-state index in [2.05, 4.69) is 40.7 Å². The summed E-state index contributed by atoms with van der Waals surface area (Å²) in [7, 11) is 1.85. The molecule has 0 saturated carbocycles. The number of hydrogen-bond acceptors (Lipinski definition) is 7. The molecule has 2 N–H and O–H groups in total. The third-order valence-corrected chi connectivity index (χ3v) is 7.91. The van der Waals surface area contributed by atoms with Gasteiger partial charge in [-0.1, -0.05) is 26.5 Å². The van der Waals surface area contributed by atoms with Crippen LogP contribution in [0.4, 0.5) is 14.6 Å². The van der Waals surface area contributed by atoms with Gasteiger partial charge in [-0.25, -0.2) is 18.3 Å². The SMILES string of the molecule is C=C(NC(CCCCC(C)(F)F)c1cn2nc(C)c(N3CCCC(C)C3)nc2n1)c1ccnn1C.C=C1CCCCN1. The molecular formula is C31H47F2N9. The van der Waals surface area contributed by atoms with Crippen molar-refractivity contribution in [2.75, 3.05) is 24.5 Å². The molecule has 5 heterocycles. The number of aromatic nitrogens is 6. The zero-order chi connectivity index (χ0) is 30.3. The number of allylic oxidation sites excluding steroid dienone is 1. The molecule has 3 aromatic heterocycles. The number of anilines is 1. The second-order valence-electron chi connectivity index (χ2n) is 11.9. The first kappa shape index (κ1) is 31.4. The minimum absolute atomic E-state index is 0.131. The molecule has 2 aliphatic rings. The Bertz CT molecular complexity index is 1330. The van der Waals surface area contributed by atoms with Gasteiger partial charge in [0.05, 0.1) is 29.3 Å². The van der Waals surface area contributed by atoms with Crippen LogP contribution in [-0.2, 0) is 7.05 Å². The maximum Gasteiger partial charge on any atom is 0.252 e. The van der Waals surface area contributed by atoms with Crippen molar-refractivity contribution in [1.29, 1.82) is 0 Å². The van der Waals surface area contributed by atoms with Crippen molar-refractivity contribution in [2.24, 2.45) is 13.0 Å². The highest BCUT2D eigenvalue weighted by Gasteiger charge is 2.24. The van der Waals surface area contributed by atoms with Gasteiger partial charge in [0.25, 0.3) is 5.78 Å². The average Bonchev–Trinajstić information content (AvgIpc) is 3.55. The fourth-order valence-electron chi connectivity index (χ4n) is 5.61. The van der Waals surface area contributed by atoms with Crippen molar-refractivity contribution < 1.29 is 8.78 Å². The van der Waals surface area contributed by atoms with E-state index in [4.69, 9.17) is 15.1 Å². The second kappa shape index (κ2) is 14.1. The second-order valence-corrected chi connectivity index (χ2v) is 11.9. The molecule has 0 bridgehead atoms. The lowest BCUT2D eigenvalue weighted by Crippen LogP contribution is -2.35. The first-order chi connectivity index (χ1) is 20.0. The number of nitrogens with one attached hydrogen (secondary N) is 2. The van der Waals surface area contributed by atoms with Crippen LogP contribution in [-0.4, -0.2) is 54.9 Å². The van der Waals surface area contributed by atoms with Crippen LogP contribution in [0, 0.1) is 12.8 Å². The van der Waals surface area contributed by atoms with Gasteiger partial charge >= 0.3 is 0 Å². The van der Waals surface area contributed by atoms with Gasteiger partial charge in [0, 0.05) is 45.0 Å². The first-order valence-electron chi connectivity index (χ1n) is 15.2. The lowest BCUT2D eigenvalue weighted by atomic mass is 10.0. The van der Waals surface area contributed by atoms with E-state index in [0.29, 0.717) is 36.7 Å². The molecule has 0 aliphatic carbocycles. The molecule has 0 radical (unpaired) electrons. The smallest absolute Gasteiger partial charge is 0.252 e. The van der Waals surface area contributed by atoms with Crippen LogP contribution in [0.1, 0.15) is 94.8 Å². The normalized spacial score (nSPS) is 18.3. The Labute approximate surface area is 248 Å². The summed E-state index contributed by atoms with van der Waals surface area (Å²) in [4.78, 5) is 12.0. The molecule has 9 nitrogen and oxygen atoms in total. The van der Waals surface area contributed by atoms with Crippen molar-refractivity contribution in [3.05, 3.63) is 54.4 Å². The number of alkyl halides is 2. The molecule has 2 saturated heterocycles. The predicted molar refractivity (Wildman–Crippen MR) is 164 cm³/mol. The van der Waals surface area contributed by atoms with Crippen LogP contribution < -0.4 is 15.5 Å². The average molecular weight is 584 g/mol. The number of piperidine rings is 2. The topological polar surface area (TPSA) is 88.2 Å². The first-order valence-corrected chi connectivity index (χ1v) is 15.2. The lowest BCUT2D eigenvalue weighted by Gasteiger charge is -2.32. The standard InChI is InChI=1S/C25H36F2N8.C6H11N/c1-17-9-8-14-34(15-17)23-19(3)32-35-16-21(30-24(35)31-23)20(10-6-7-12-25(4,26)27)29-18(2)22-11-13-28-33(22)5;1-6-4-2-3-5-7-6/h11,13,16-17,20,29H,2,6-10,12,14-15H2,1,3-5H3;7H,1-5H2. The fourth-order valence-corrected chi connectivity index (χ4v) is 5.61. The van der Waals surface area contributed by atoms with E-state index in [1.165, 1.54) is 31.4 Å². The Balaban J connectivity index is 0.000000507. The molecule has 11 heteroatoms. The minimum atomic E-state index is -2.65. The van der Waals surface area contributed by atoms with Crippen molar-refractivity contribution >= 4 is 17.3 Å². The minimum Gasteiger partial charge on any atom is -0.389 e. The van der Waals surface area contributed by atoms with E-state index in [1.807, 2.05) is 26.2 Å². The predicted octanol–water partition coefficient (Wildman–Crippen LogP) is 6.19. The molecule has 2 fully saturated rings. The molecule has 230 valence electrons. The van der Waals surface area contributed by atoms with E-state index in [-0.39, 0.29) is 12.5 Å². The van der Waals surface area contributed by atoms with Crippen molar-refractivity contribution in [2.45, 2.75) is 90.5 Å². The molecule has 0 aromatic carbocycles. The maximum absolute atomic E-state index is 13.3. The number of unbranched alkanes of at least 4 members (excludes halogenated alkanes) is 1. The number of aryl methyl sites for hydroxylation is 2. The van der Waals surface area contributed by atoms with Gasteiger partial charge in [-0.05, 0) is 70.8 Å². The monoisotopic (exact) mass is 583 g/mol. The van der Waals surface area contributed by atoms with Gasteiger partial charge in [-0.15, -0.1) is 0 Å². The fraction of sp³-hybridized carbons (Fsp3) is 0.613. The van der Waals surface area contributed by atoms with Crippen LogP contribution >= 0.6 is 0 Å². The molecule has 2 unspecified atom stereocenters. The summed E-state index contributed by atoms with van der Waals surface area (Å²) < 4.78 is 30.1. The van der Waals surface area contributed by atoms with Crippen LogP contribution in [0.2, 0.25) is 0 Å². The highest BCUT2D eigenvalue weighted by molar-refractivity contribution is 5.58. The Hall–Kier alpha value is -3.50.